The first-order chi connectivity index (χ1) is 13.1. The Morgan fingerprint density at radius 1 is 0.926 bits per heavy atom. The fourth-order valence-electron chi connectivity index (χ4n) is 3.14. The molecular weight excluding hydrogens is 362 g/mol. The summed E-state index contributed by atoms with van der Waals surface area (Å²) in [5.41, 5.74) is 2.10. The minimum Gasteiger partial charge on any atom is -0.376 e. The predicted octanol–water partition coefficient (Wildman–Crippen LogP) is 4.41. The lowest BCUT2D eigenvalue weighted by atomic mass is 10.1. The Labute approximate surface area is 164 Å². The average molecular weight is 386 g/mol. The van der Waals surface area contributed by atoms with Crippen LogP contribution in [0, 0.1) is 0 Å². The van der Waals surface area contributed by atoms with Gasteiger partial charge in [-0.2, -0.15) is 0 Å². The average Bonchev–Trinajstić information content (AvgIpc) is 2.97. The van der Waals surface area contributed by atoms with Crippen molar-refractivity contribution in [2.24, 2.45) is 0 Å². The number of amides is 2. The van der Waals surface area contributed by atoms with Crippen molar-refractivity contribution >= 4 is 34.8 Å². The van der Waals surface area contributed by atoms with E-state index in [-0.39, 0.29) is 18.4 Å². The maximum Gasteiger partial charge on any atom is 0.253 e. The Balaban J connectivity index is 1.56. The van der Waals surface area contributed by atoms with Crippen molar-refractivity contribution in [3.05, 3.63) is 59.1 Å². The van der Waals surface area contributed by atoms with Crippen molar-refractivity contribution in [2.75, 3.05) is 30.3 Å². The lowest BCUT2D eigenvalue weighted by Crippen LogP contribution is -2.31. The van der Waals surface area contributed by atoms with Gasteiger partial charge in [-0.1, -0.05) is 30.5 Å². The summed E-state index contributed by atoms with van der Waals surface area (Å²) in [6.07, 6.45) is 4.51. The third-order valence-corrected chi connectivity index (χ3v) is 4.84. The molecule has 142 valence electrons. The van der Waals surface area contributed by atoms with E-state index in [2.05, 4.69) is 10.6 Å². The van der Waals surface area contributed by atoms with Crippen molar-refractivity contribution in [1.82, 2.24) is 4.90 Å². The molecule has 2 N–H and O–H groups in total. The Hall–Kier alpha value is -2.53. The zero-order valence-electron chi connectivity index (χ0n) is 15.2. The number of likely N-dealkylation sites (tertiary alicyclic amines) is 1. The molecule has 0 saturated carbocycles. The fraction of sp³-hybridized carbons (Fsp3) is 0.333. The molecule has 27 heavy (non-hydrogen) atoms. The van der Waals surface area contributed by atoms with Crippen LogP contribution >= 0.6 is 11.6 Å². The first-order valence-corrected chi connectivity index (χ1v) is 9.68. The molecule has 1 heterocycles. The van der Waals surface area contributed by atoms with Crippen LogP contribution in [-0.2, 0) is 4.79 Å². The van der Waals surface area contributed by atoms with Gasteiger partial charge in [0, 0.05) is 35.1 Å². The van der Waals surface area contributed by atoms with Crippen LogP contribution < -0.4 is 10.6 Å². The minimum atomic E-state index is -0.165. The molecule has 0 bridgehead atoms. The third kappa shape index (κ3) is 5.73. The number of rotatable bonds is 5. The summed E-state index contributed by atoms with van der Waals surface area (Å²) in [5.74, 6) is -0.104. The Bertz CT molecular complexity index is 784. The minimum absolute atomic E-state index is 0.0613. The van der Waals surface area contributed by atoms with E-state index < -0.39 is 0 Å². The SMILES string of the molecule is O=C(CNc1cccc(C(=O)N2CCCCCC2)c1)Nc1ccc(Cl)cc1. The van der Waals surface area contributed by atoms with Crippen LogP contribution in [0.3, 0.4) is 0 Å². The molecule has 2 amide bonds. The number of carbonyl (C=O) groups excluding carboxylic acids is 2. The van der Waals surface area contributed by atoms with Crippen molar-refractivity contribution in [2.45, 2.75) is 25.7 Å². The molecule has 6 heteroatoms. The number of nitrogens with one attached hydrogen (secondary N) is 2. The second kappa shape index (κ2) is 9.42. The summed E-state index contributed by atoms with van der Waals surface area (Å²) in [6.45, 7) is 1.75. The highest BCUT2D eigenvalue weighted by Gasteiger charge is 2.17. The van der Waals surface area contributed by atoms with Gasteiger partial charge in [0.25, 0.3) is 5.91 Å². The van der Waals surface area contributed by atoms with E-state index >= 15 is 0 Å². The van der Waals surface area contributed by atoms with E-state index in [1.807, 2.05) is 29.2 Å². The van der Waals surface area contributed by atoms with Gasteiger partial charge in [-0.25, -0.2) is 0 Å². The smallest absolute Gasteiger partial charge is 0.253 e. The molecule has 0 unspecified atom stereocenters. The normalized spacial score (nSPS) is 14.3. The molecule has 5 nitrogen and oxygen atoms in total. The van der Waals surface area contributed by atoms with Gasteiger partial charge in [0.1, 0.15) is 0 Å². The summed E-state index contributed by atoms with van der Waals surface area (Å²) in [5, 5.41) is 6.50. The van der Waals surface area contributed by atoms with Crippen LogP contribution in [0.2, 0.25) is 5.02 Å². The standard InChI is InChI=1S/C21H24ClN3O2/c22-17-8-10-18(11-9-17)24-20(26)15-23-19-7-5-6-16(14-19)21(27)25-12-3-1-2-4-13-25/h5-11,14,23H,1-4,12-13,15H2,(H,24,26). The van der Waals surface area contributed by atoms with Gasteiger partial charge < -0.3 is 15.5 Å². The van der Waals surface area contributed by atoms with Gasteiger partial charge in [0.05, 0.1) is 6.54 Å². The number of benzene rings is 2. The highest BCUT2D eigenvalue weighted by Crippen LogP contribution is 2.17. The molecule has 0 radical (unpaired) electrons. The summed E-state index contributed by atoms with van der Waals surface area (Å²) in [4.78, 5) is 26.7. The largest absolute Gasteiger partial charge is 0.376 e. The highest BCUT2D eigenvalue weighted by molar-refractivity contribution is 6.30. The van der Waals surface area contributed by atoms with Crippen LogP contribution in [-0.4, -0.2) is 36.3 Å². The zero-order valence-corrected chi connectivity index (χ0v) is 16.0. The van der Waals surface area contributed by atoms with Gasteiger partial charge >= 0.3 is 0 Å². The van der Waals surface area contributed by atoms with Crippen molar-refractivity contribution < 1.29 is 9.59 Å². The molecule has 0 aromatic heterocycles. The summed E-state index contributed by atoms with van der Waals surface area (Å²) >= 11 is 5.84. The number of hydrogen-bond acceptors (Lipinski definition) is 3. The van der Waals surface area contributed by atoms with Crippen LogP contribution in [0.25, 0.3) is 0 Å². The first-order valence-electron chi connectivity index (χ1n) is 9.30. The second-order valence-electron chi connectivity index (χ2n) is 6.70. The van der Waals surface area contributed by atoms with Crippen molar-refractivity contribution in [3.63, 3.8) is 0 Å². The monoisotopic (exact) mass is 385 g/mol. The highest BCUT2D eigenvalue weighted by atomic mass is 35.5. The maximum atomic E-state index is 12.7. The number of anilines is 2. The fourth-order valence-corrected chi connectivity index (χ4v) is 3.27. The van der Waals surface area contributed by atoms with E-state index in [1.165, 1.54) is 12.8 Å². The molecule has 1 aliphatic rings. The molecule has 2 aromatic rings. The molecule has 1 fully saturated rings. The Kier molecular flexibility index (Phi) is 6.71. The molecule has 1 aliphatic heterocycles. The lowest BCUT2D eigenvalue weighted by molar-refractivity contribution is -0.114. The predicted molar refractivity (Wildman–Crippen MR) is 109 cm³/mol. The number of carbonyl (C=O) groups is 2. The topological polar surface area (TPSA) is 61.4 Å². The Morgan fingerprint density at radius 2 is 1.63 bits per heavy atom. The molecule has 0 spiro atoms. The lowest BCUT2D eigenvalue weighted by Gasteiger charge is -2.20. The van der Waals surface area contributed by atoms with E-state index in [0.717, 1.165) is 31.6 Å². The van der Waals surface area contributed by atoms with E-state index in [4.69, 9.17) is 11.6 Å². The van der Waals surface area contributed by atoms with E-state index in [9.17, 15) is 9.59 Å². The molecular formula is C21H24ClN3O2. The van der Waals surface area contributed by atoms with Crippen LogP contribution in [0.15, 0.2) is 48.5 Å². The molecule has 0 atom stereocenters. The molecule has 3 rings (SSSR count). The van der Waals surface area contributed by atoms with Gasteiger partial charge in [0.2, 0.25) is 5.91 Å². The molecule has 1 saturated heterocycles. The van der Waals surface area contributed by atoms with Gasteiger partial charge in [-0.15, -0.1) is 0 Å². The van der Waals surface area contributed by atoms with Crippen LogP contribution in [0.5, 0.6) is 0 Å². The van der Waals surface area contributed by atoms with Crippen LogP contribution in [0.1, 0.15) is 36.0 Å². The number of hydrogen-bond donors (Lipinski definition) is 2. The number of halogens is 1. The third-order valence-electron chi connectivity index (χ3n) is 4.58. The van der Waals surface area contributed by atoms with Gasteiger partial charge in [-0.3, -0.25) is 9.59 Å². The quantitative estimate of drug-likeness (QED) is 0.801. The summed E-state index contributed by atoms with van der Waals surface area (Å²) < 4.78 is 0. The zero-order chi connectivity index (χ0) is 19.1. The first kappa shape index (κ1) is 19.2. The maximum absolute atomic E-state index is 12.7. The number of nitrogens with zero attached hydrogens (tertiary/aromatic N) is 1. The summed E-state index contributed by atoms with van der Waals surface area (Å²) in [7, 11) is 0. The van der Waals surface area contributed by atoms with Gasteiger partial charge in [-0.05, 0) is 55.3 Å². The van der Waals surface area contributed by atoms with E-state index in [0.29, 0.717) is 16.3 Å². The summed E-state index contributed by atoms with van der Waals surface area (Å²) in [6, 6.07) is 14.3. The van der Waals surface area contributed by atoms with E-state index in [1.54, 1.807) is 24.3 Å². The second-order valence-corrected chi connectivity index (χ2v) is 7.13. The van der Waals surface area contributed by atoms with Gasteiger partial charge in [0.15, 0.2) is 0 Å². The molecule has 0 aliphatic carbocycles. The molecule has 2 aromatic carbocycles. The van der Waals surface area contributed by atoms with Crippen molar-refractivity contribution in [1.29, 1.82) is 0 Å². The van der Waals surface area contributed by atoms with Crippen LogP contribution in [0.4, 0.5) is 11.4 Å². The van der Waals surface area contributed by atoms with Crippen molar-refractivity contribution in [3.8, 4) is 0 Å². The Morgan fingerprint density at radius 3 is 2.33 bits per heavy atom.